The molecule has 0 aromatic heterocycles. The molecule has 1 atom stereocenters. The van der Waals surface area contributed by atoms with Crippen LogP contribution in [0, 0.1) is 0 Å². The summed E-state index contributed by atoms with van der Waals surface area (Å²) in [6.07, 6.45) is 6.76. The Morgan fingerprint density at radius 1 is 1.30 bits per heavy atom. The Morgan fingerprint density at radius 3 is 2.70 bits per heavy atom. The van der Waals surface area contributed by atoms with E-state index in [0.717, 1.165) is 25.1 Å². The minimum absolute atomic E-state index is 0. The van der Waals surface area contributed by atoms with E-state index >= 15 is 0 Å². The minimum atomic E-state index is 0. The van der Waals surface area contributed by atoms with Crippen molar-refractivity contribution in [2.24, 2.45) is 4.99 Å². The molecule has 1 saturated carbocycles. The summed E-state index contributed by atoms with van der Waals surface area (Å²) in [4.78, 5) is 6.98. The molecule has 1 heterocycles. The maximum Gasteiger partial charge on any atom is 0.191 e. The standard InChI is InChI=1S/C14H28N4O.HI/c1-2-15-14(16-8-10-19)17-12-7-9-18(11-12)13-5-3-4-6-13;/h12-13,19H,2-11H2,1H3,(H2,15,16,17);1H. The summed E-state index contributed by atoms with van der Waals surface area (Å²) in [7, 11) is 0. The zero-order chi connectivity index (χ0) is 13.5. The molecular formula is C14H29IN4O. The molecule has 6 heteroatoms. The van der Waals surface area contributed by atoms with Crippen LogP contribution in [-0.2, 0) is 0 Å². The topological polar surface area (TPSA) is 59.9 Å². The van der Waals surface area contributed by atoms with Crippen LogP contribution in [0.25, 0.3) is 0 Å². The van der Waals surface area contributed by atoms with Crippen LogP contribution < -0.4 is 10.6 Å². The first kappa shape index (κ1) is 18.0. The van der Waals surface area contributed by atoms with Gasteiger partial charge in [0.05, 0.1) is 13.2 Å². The molecule has 1 aliphatic carbocycles. The molecule has 3 N–H and O–H groups in total. The van der Waals surface area contributed by atoms with Crippen molar-refractivity contribution in [1.82, 2.24) is 15.5 Å². The third-order valence-electron chi connectivity index (χ3n) is 4.12. The first-order valence-electron chi connectivity index (χ1n) is 7.73. The van der Waals surface area contributed by atoms with Gasteiger partial charge in [-0.25, -0.2) is 0 Å². The third kappa shape index (κ3) is 5.37. The maximum atomic E-state index is 8.86. The van der Waals surface area contributed by atoms with Gasteiger partial charge in [-0.1, -0.05) is 12.8 Å². The highest BCUT2D eigenvalue weighted by Gasteiger charge is 2.30. The number of nitrogens with zero attached hydrogens (tertiary/aromatic N) is 2. The number of aliphatic hydroxyl groups excluding tert-OH is 1. The van der Waals surface area contributed by atoms with E-state index in [1.807, 2.05) is 0 Å². The van der Waals surface area contributed by atoms with Crippen molar-refractivity contribution in [3.05, 3.63) is 0 Å². The van der Waals surface area contributed by atoms with Gasteiger partial charge in [0, 0.05) is 31.7 Å². The zero-order valence-corrected chi connectivity index (χ0v) is 14.8. The van der Waals surface area contributed by atoms with Crippen molar-refractivity contribution in [1.29, 1.82) is 0 Å². The van der Waals surface area contributed by atoms with Crippen LogP contribution in [0.3, 0.4) is 0 Å². The molecule has 0 radical (unpaired) electrons. The van der Waals surface area contributed by atoms with Crippen LogP contribution in [-0.4, -0.2) is 60.8 Å². The van der Waals surface area contributed by atoms with Crippen molar-refractivity contribution >= 4 is 29.9 Å². The molecule has 2 aliphatic rings. The van der Waals surface area contributed by atoms with Crippen molar-refractivity contribution in [2.75, 3.05) is 32.8 Å². The molecule has 0 spiro atoms. The van der Waals surface area contributed by atoms with E-state index in [0.29, 0.717) is 12.6 Å². The van der Waals surface area contributed by atoms with E-state index in [1.165, 1.54) is 38.6 Å². The van der Waals surface area contributed by atoms with Crippen molar-refractivity contribution < 1.29 is 5.11 Å². The quantitative estimate of drug-likeness (QED) is 0.371. The molecule has 0 amide bonds. The summed E-state index contributed by atoms with van der Waals surface area (Å²) < 4.78 is 0. The number of nitrogens with one attached hydrogen (secondary N) is 2. The van der Waals surface area contributed by atoms with E-state index in [-0.39, 0.29) is 30.6 Å². The lowest BCUT2D eigenvalue weighted by molar-refractivity contribution is 0.242. The fourth-order valence-electron chi connectivity index (χ4n) is 3.18. The average molecular weight is 396 g/mol. The van der Waals surface area contributed by atoms with Gasteiger partial charge in [0.2, 0.25) is 0 Å². The highest BCUT2D eigenvalue weighted by Crippen LogP contribution is 2.26. The number of rotatable bonds is 5. The summed E-state index contributed by atoms with van der Waals surface area (Å²) in [5.41, 5.74) is 0. The number of hydrogen-bond donors (Lipinski definition) is 3. The van der Waals surface area contributed by atoms with Gasteiger partial charge < -0.3 is 15.7 Å². The Morgan fingerprint density at radius 2 is 2.05 bits per heavy atom. The van der Waals surface area contributed by atoms with Gasteiger partial charge >= 0.3 is 0 Å². The molecule has 1 unspecified atom stereocenters. The summed E-state index contributed by atoms with van der Waals surface area (Å²) in [5.74, 6) is 0.842. The molecule has 2 rings (SSSR count). The smallest absolute Gasteiger partial charge is 0.191 e. The van der Waals surface area contributed by atoms with E-state index in [2.05, 4.69) is 27.4 Å². The normalized spacial score (nSPS) is 24.7. The largest absolute Gasteiger partial charge is 0.394 e. The van der Waals surface area contributed by atoms with Crippen molar-refractivity contribution in [3.8, 4) is 0 Å². The maximum absolute atomic E-state index is 8.86. The number of aliphatic hydroxyl groups is 1. The van der Waals surface area contributed by atoms with Gasteiger partial charge in [-0.3, -0.25) is 9.89 Å². The predicted octanol–water partition coefficient (Wildman–Crippen LogP) is 1.17. The third-order valence-corrected chi connectivity index (χ3v) is 4.12. The number of hydrogen-bond acceptors (Lipinski definition) is 3. The Kier molecular flexibility index (Phi) is 8.79. The van der Waals surface area contributed by atoms with Crippen LogP contribution in [0.2, 0.25) is 0 Å². The molecule has 5 nitrogen and oxygen atoms in total. The summed E-state index contributed by atoms with van der Waals surface area (Å²) in [6.45, 7) is 5.84. The Balaban J connectivity index is 0.00000200. The van der Waals surface area contributed by atoms with Crippen LogP contribution in [0.5, 0.6) is 0 Å². The van der Waals surface area contributed by atoms with E-state index in [4.69, 9.17) is 5.11 Å². The summed E-state index contributed by atoms with van der Waals surface area (Å²) >= 11 is 0. The van der Waals surface area contributed by atoms with Crippen LogP contribution >= 0.6 is 24.0 Å². The Bertz CT molecular complexity index is 295. The lowest BCUT2D eigenvalue weighted by Gasteiger charge is -2.24. The Hall–Kier alpha value is -0.0800. The first-order chi connectivity index (χ1) is 9.33. The molecule has 2 fully saturated rings. The van der Waals surface area contributed by atoms with Crippen LogP contribution in [0.15, 0.2) is 4.99 Å². The van der Waals surface area contributed by atoms with Gasteiger partial charge in [-0.05, 0) is 26.2 Å². The molecule has 1 saturated heterocycles. The van der Waals surface area contributed by atoms with Crippen molar-refractivity contribution in [3.63, 3.8) is 0 Å². The Labute approximate surface area is 139 Å². The molecule has 20 heavy (non-hydrogen) atoms. The highest BCUT2D eigenvalue weighted by atomic mass is 127. The monoisotopic (exact) mass is 396 g/mol. The fourth-order valence-corrected chi connectivity index (χ4v) is 3.18. The second kappa shape index (κ2) is 9.78. The van der Waals surface area contributed by atoms with Gasteiger partial charge in [0.25, 0.3) is 0 Å². The van der Waals surface area contributed by atoms with Gasteiger partial charge in [0.15, 0.2) is 5.96 Å². The number of aliphatic imine (C=N–C) groups is 1. The second-order valence-corrected chi connectivity index (χ2v) is 5.55. The van der Waals surface area contributed by atoms with Crippen molar-refractivity contribution in [2.45, 2.75) is 51.1 Å². The molecule has 0 aromatic carbocycles. The summed E-state index contributed by atoms with van der Waals surface area (Å²) in [6, 6.07) is 1.32. The van der Waals surface area contributed by atoms with Gasteiger partial charge in [-0.15, -0.1) is 24.0 Å². The van der Waals surface area contributed by atoms with Crippen LogP contribution in [0.1, 0.15) is 39.0 Å². The average Bonchev–Trinajstić information content (AvgIpc) is 3.06. The number of halogens is 1. The van der Waals surface area contributed by atoms with Gasteiger partial charge in [0.1, 0.15) is 0 Å². The first-order valence-corrected chi connectivity index (χ1v) is 7.73. The fraction of sp³-hybridized carbons (Fsp3) is 0.929. The SMILES string of the molecule is CCNC(=NCCO)NC1CCN(C2CCCC2)C1.I. The predicted molar refractivity (Wildman–Crippen MR) is 93.8 cm³/mol. The van der Waals surface area contributed by atoms with E-state index in [1.54, 1.807) is 0 Å². The number of likely N-dealkylation sites (tertiary alicyclic amines) is 1. The summed E-state index contributed by atoms with van der Waals surface area (Å²) in [5, 5.41) is 15.6. The lowest BCUT2D eigenvalue weighted by Crippen LogP contribution is -2.45. The van der Waals surface area contributed by atoms with Crippen LogP contribution in [0.4, 0.5) is 0 Å². The highest BCUT2D eigenvalue weighted by molar-refractivity contribution is 14.0. The number of guanidine groups is 1. The molecule has 0 bridgehead atoms. The van der Waals surface area contributed by atoms with E-state index in [9.17, 15) is 0 Å². The van der Waals surface area contributed by atoms with E-state index < -0.39 is 0 Å². The second-order valence-electron chi connectivity index (χ2n) is 5.55. The lowest BCUT2D eigenvalue weighted by atomic mass is 10.2. The molecule has 118 valence electrons. The molecule has 1 aliphatic heterocycles. The minimum Gasteiger partial charge on any atom is -0.394 e. The van der Waals surface area contributed by atoms with Gasteiger partial charge in [-0.2, -0.15) is 0 Å². The zero-order valence-electron chi connectivity index (χ0n) is 12.5. The molecular weight excluding hydrogens is 367 g/mol. The molecule has 0 aromatic rings.